The summed E-state index contributed by atoms with van der Waals surface area (Å²) in [5.41, 5.74) is 5.38. The lowest BCUT2D eigenvalue weighted by Gasteiger charge is -2.16. The number of aromatic nitrogens is 2. The molecule has 192 valence electrons. The molecule has 2 N–H and O–H groups in total. The molecule has 0 saturated carbocycles. The van der Waals surface area contributed by atoms with E-state index in [0.29, 0.717) is 21.9 Å². The van der Waals surface area contributed by atoms with Crippen LogP contribution in [0.1, 0.15) is 23.7 Å². The number of benzene rings is 3. The van der Waals surface area contributed by atoms with E-state index in [9.17, 15) is 18.3 Å². The minimum atomic E-state index is -4.58. The Kier molecular flexibility index (Phi) is 7.45. The van der Waals surface area contributed by atoms with Gasteiger partial charge in [0.15, 0.2) is 0 Å². The number of halogens is 4. The van der Waals surface area contributed by atoms with E-state index in [2.05, 4.69) is 15.6 Å². The molecule has 37 heavy (non-hydrogen) atoms. The van der Waals surface area contributed by atoms with Crippen LogP contribution in [0.3, 0.4) is 0 Å². The molecule has 0 fully saturated rings. The van der Waals surface area contributed by atoms with Gasteiger partial charge in [-0.1, -0.05) is 48.0 Å². The molecule has 1 heterocycles. The molecule has 0 bridgehead atoms. The van der Waals surface area contributed by atoms with Crippen LogP contribution in [-0.2, 0) is 19.8 Å². The summed E-state index contributed by atoms with van der Waals surface area (Å²) in [5.74, 6) is 0.116. The Bertz CT molecular complexity index is 1430. The number of alkyl halides is 3. The van der Waals surface area contributed by atoms with Crippen molar-refractivity contribution in [1.29, 1.82) is 0 Å². The average molecular weight is 529 g/mol. The summed E-state index contributed by atoms with van der Waals surface area (Å²) in [6.07, 6.45) is -4.58. The summed E-state index contributed by atoms with van der Waals surface area (Å²) in [6, 6.07) is 18.4. The first-order valence-electron chi connectivity index (χ1n) is 11.2. The van der Waals surface area contributed by atoms with Crippen molar-refractivity contribution in [3.8, 4) is 33.9 Å². The highest BCUT2D eigenvalue weighted by Crippen LogP contribution is 2.45. The van der Waals surface area contributed by atoms with Crippen LogP contribution in [0.15, 0.2) is 71.8 Å². The van der Waals surface area contributed by atoms with Crippen LogP contribution in [0.4, 0.5) is 13.2 Å². The van der Waals surface area contributed by atoms with Crippen molar-refractivity contribution >= 4 is 17.3 Å². The highest BCUT2D eigenvalue weighted by Gasteiger charge is 2.35. The van der Waals surface area contributed by atoms with E-state index in [-0.39, 0.29) is 23.6 Å². The number of ether oxygens (including phenoxy) is 1. The van der Waals surface area contributed by atoms with Gasteiger partial charge in [0.1, 0.15) is 23.8 Å². The molecule has 0 atom stereocenters. The average Bonchev–Trinajstić information content (AvgIpc) is 3.26. The Hall–Kier alpha value is -3.98. The van der Waals surface area contributed by atoms with Crippen molar-refractivity contribution in [3.63, 3.8) is 0 Å². The lowest BCUT2D eigenvalue weighted by atomic mass is 9.97. The summed E-state index contributed by atoms with van der Waals surface area (Å²) in [7, 11) is 2.91. The molecule has 0 unspecified atom stereocenters. The van der Waals surface area contributed by atoms with Gasteiger partial charge in [0.05, 0.1) is 17.0 Å². The van der Waals surface area contributed by atoms with Gasteiger partial charge in [0.2, 0.25) is 0 Å². The second-order valence-electron chi connectivity index (χ2n) is 8.28. The maximum Gasteiger partial charge on any atom is 0.433 e. The first-order chi connectivity index (χ1) is 17.6. The molecule has 0 aliphatic rings. The lowest BCUT2D eigenvalue weighted by molar-refractivity contribution is -0.143. The zero-order chi connectivity index (χ0) is 26.7. The van der Waals surface area contributed by atoms with Crippen LogP contribution in [0.5, 0.6) is 11.5 Å². The molecule has 0 amide bonds. The maximum absolute atomic E-state index is 13.4. The minimum Gasteiger partial charge on any atom is -0.506 e. The van der Waals surface area contributed by atoms with Crippen molar-refractivity contribution in [2.75, 3.05) is 7.05 Å². The third-order valence-corrected chi connectivity index (χ3v) is 6.02. The molecule has 0 saturated heterocycles. The molecular weight excluding hydrogens is 505 g/mol. The standard InChI is InChI=1S/C27H24ClF3N4O2/c1-16(33-32-2)18-6-8-19(9-7-18)25-23(37-15-17-4-10-20(28)11-5-17)13-12-21(26(25)36)22-14-24(27(29,30)31)35(3)34-22/h4-14,32,36H,15H2,1-3H3/b33-16-. The van der Waals surface area contributed by atoms with E-state index in [1.807, 2.05) is 31.2 Å². The van der Waals surface area contributed by atoms with Crippen LogP contribution in [0.2, 0.25) is 5.02 Å². The SMILES string of the molecule is CN/N=C(/C)c1ccc(-c2c(OCc3ccc(Cl)cc3)ccc(-c3cc(C(F)(F)F)n(C)n3)c2O)cc1. The Morgan fingerprint density at radius 1 is 1.08 bits per heavy atom. The summed E-state index contributed by atoms with van der Waals surface area (Å²) in [6.45, 7) is 2.04. The Morgan fingerprint density at radius 3 is 2.35 bits per heavy atom. The third kappa shape index (κ3) is 5.72. The quantitative estimate of drug-likeness (QED) is 0.208. The summed E-state index contributed by atoms with van der Waals surface area (Å²) < 4.78 is 46.9. The van der Waals surface area contributed by atoms with Crippen LogP contribution < -0.4 is 10.2 Å². The second-order valence-corrected chi connectivity index (χ2v) is 8.72. The van der Waals surface area contributed by atoms with E-state index in [0.717, 1.165) is 27.6 Å². The number of nitrogens with zero attached hydrogens (tertiary/aromatic N) is 3. The third-order valence-electron chi connectivity index (χ3n) is 5.76. The Morgan fingerprint density at radius 2 is 1.76 bits per heavy atom. The van der Waals surface area contributed by atoms with Gasteiger partial charge in [-0.15, -0.1) is 0 Å². The minimum absolute atomic E-state index is 0.00792. The number of rotatable bonds is 7. The van der Waals surface area contributed by atoms with Gasteiger partial charge < -0.3 is 15.3 Å². The second kappa shape index (κ2) is 10.6. The van der Waals surface area contributed by atoms with E-state index in [1.165, 1.54) is 13.1 Å². The number of hydrogen-bond donors (Lipinski definition) is 2. The summed E-state index contributed by atoms with van der Waals surface area (Å²) in [4.78, 5) is 0. The van der Waals surface area contributed by atoms with Crippen LogP contribution in [0.25, 0.3) is 22.4 Å². The van der Waals surface area contributed by atoms with Crippen LogP contribution in [0, 0.1) is 0 Å². The van der Waals surface area contributed by atoms with Gasteiger partial charge in [-0.2, -0.15) is 23.4 Å². The first-order valence-corrected chi connectivity index (χ1v) is 11.6. The number of nitrogens with one attached hydrogen (secondary N) is 1. The predicted molar refractivity (Wildman–Crippen MR) is 138 cm³/mol. The van der Waals surface area contributed by atoms with E-state index < -0.39 is 11.9 Å². The maximum atomic E-state index is 13.4. The summed E-state index contributed by atoms with van der Waals surface area (Å²) in [5, 5.41) is 20.1. The Balaban J connectivity index is 1.79. The normalized spacial score (nSPS) is 12.0. The van der Waals surface area contributed by atoms with Crippen LogP contribution >= 0.6 is 11.6 Å². The zero-order valence-corrected chi connectivity index (χ0v) is 21.0. The molecule has 1 aromatic heterocycles. The van der Waals surface area contributed by atoms with Gasteiger partial charge in [0.25, 0.3) is 0 Å². The fourth-order valence-corrected chi connectivity index (χ4v) is 4.02. The van der Waals surface area contributed by atoms with E-state index in [1.54, 1.807) is 37.4 Å². The molecule has 0 aliphatic carbocycles. The largest absolute Gasteiger partial charge is 0.506 e. The van der Waals surface area contributed by atoms with Gasteiger partial charge >= 0.3 is 6.18 Å². The fraction of sp³-hybridized carbons (Fsp3) is 0.185. The lowest BCUT2D eigenvalue weighted by Crippen LogP contribution is -2.11. The van der Waals surface area contributed by atoms with Crippen molar-refractivity contribution in [2.24, 2.45) is 12.1 Å². The first kappa shape index (κ1) is 26.1. The zero-order valence-electron chi connectivity index (χ0n) is 20.3. The predicted octanol–water partition coefficient (Wildman–Crippen LogP) is 6.65. The number of phenolic OH excluding ortho intramolecular Hbond substituents is 1. The molecule has 10 heteroatoms. The fourth-order valence-electron chi connectivity index (χ4n) is 3.89. The number of hydrazone groups is 1. The van der Waals surface area contributed by atoms with Gasteiger partial charge in [-0.05, 0) is 53.9 Å². The van der Waals surface area contributed by atoms with E-state index >= 15 is 0 Å². The van der Waals surface area contributed by atoms with Gasteiger partial charge in [-0.3, -0.25) is 4.68 Å². The molecular formula is C27H24ClF3N4O2. The van der Waals surface area contributed by atoms with Gasteiger partial charge in [0, 0.05) is 24.7 Å². The molecule has 0 spiro atoms. The number of aromatic hydroxyl groups is 1. The van der Waals surface area contributed by atoms with Crippen LogP contribution in [-0.4, -0.2) is 27.6 Å². The smallest absolute Gasteiger partial charge is 0.433 e. The molecule has 0 aliphatic heterocycles. The van der Waals surface area contributed by atoms with Crippen molar-refractivity contribution in [2.45, 2.75) is 19.7 Å². The molecule has 0 radical (unpaired) electrons. The molecule has 6 nitrogen and oxygen atoms in total. The number of phenols is 1. The van der Waals surface area contributed by atoms with Crippen molar-refractivity contribution < 1.29 is 23.0 Å². The molecule has 4 aromatic rings. The monoisotopic (exact) mass is 528 g/mol. The highest BCUT2D eigenvalue weighted by atomic mass is 35.5. The molecule has 3 aromatic carbocycles. The highest BCUT2D eigenvalue weighted by molar-refractivity contribution is 6.30. The Labute approximate surface area is 217 Å². The number of aryl methyl sites for hydroxylation is 1. The summed E-state index contributed by atoms with van der Waals surface area (Å²) >= 11 is 5.96. The van der Waals surface area contributed by atoms with Crippen molar-refractivity contribution in [1.82, 2.24) is 15.2 Å². The molecule has 4 rings (SSSR count). The number of hydrogen-bond acceptors (Lipinski definition) is 5. The van der Waals surface area contributed by atoms with E-state index in [4.69, 9.17) is 16.3 Å². The topological polar surface area (TPSA) is 71.7 Å². The van der Waals surface area contributed by atoms with Gasteiger partial charge in [-0.25, -0.2) is 0 Å². The van der Waals surface area contributed by atoms with Crippen molar-refractivity contribution in [3.05, 3.63) is 88.6 Å².